The summed E-state index contributed by atoms with van der Waals surface area (Å²) in [7, 11) is 0. The zero-order valence-corrected chi connectivity index (χ0v) is 12.5. The van der Waals surface area contributed by atoms with E-state index in [4.69, 9.17) is 23.7 Å². The van der Waals surface area contributed by atoms with Crippen LogP contribution in [0.15, 0.2) is 0 Å². The van der Waals surface area contributed by atoms with E-state index >= 15 is 0 Å². The maximum absolute atomic E-state index is 6.12. The molecule has 0 amide bonds. The fourth-order valence-corrected chi connectivity index (χ4v) is 2.69. The van der Waals surface area contributed by atoms with Gasteiger partial charge in [0.15, 0.2) is 0 Å². The zero-order valence-electron chi connectivity index (χ0n) is 12.5. The Bertz CT molecular complexity index is 294. The third-order valence-electron chi connectivity index (χ3n) is 3.47. The molecule has 4 atom stereocenters. The normalized spacial score (nSPS) is 39.0. The lowest BCUT2D eigenvalue weighted by Crippen LogP contribution is -2.52. The van der Waals surface area contributed by atoms with Crippen LogP contribution in [-0.4, -0.2) is 56.1 Å². The van der Waals surface area contributed by atoms with Gasteiger partial charge in [0, 0.05) is 0 Å². The molecule has 19 heavy (non-hydrogen) atoms. The zero-order chi connectivity index (χ0) is 14.0. The van der Waals surface area contributed by atoms with Crippen LogP contribution in [0.4, 0.5) is 0 Å². The third-order valence-corrected chi connectivity index (χ3v) is 3.47. The number of hydrogen-bond donors (Lipinski definition) is 0. The van der Waals surface area contributed by atoms with Gasteiger partial charge in [0.2, 0.25) is 0 Å². The predicted molar refractivity (Wildman–Crippen MR) is 70.1 cm³/mol. The minimum absolute atomic E-state index is 0.0107. The lowest BCUT2D eigenvalue weighted by atomic mass is 9.95. The molecule has 5 nitrogen and oxygen atoms in total. The van der Waals surface area contributed by atoms with Crippen molar-refractivity contribution in [2.75, 3.05) is 20.0 Å². The summed E-state index contributed by atoms with van der Waals surface area (Å²) in [5.41, 5.74) is -0.560. The van der Waals surface area contributed by atoms with Crippen LogP contribution in [-0.2, 0) is 23.7 Å². The average molecular weight is 274 g/mol. The van der Waals surface area contributed by atoms with Gasteiger partial charge in [-0.05, 0) is 34.6 Å². The molecule has 5 heteroatoms. The van der Waals surface area contributed by atoms with E-state index < -0.39 is 5.60 Å². The van der Waals surface area contributed by atoms with E-state index in [-0.39, 0.29) is 30.5 Å². The second-order valence-corrected chi connectivity index (χ2v) is 5.95. The van der Waals surface area contributed by atoms with Gasteiger partial charge in [-0.3, -0.25) is 0 Å². The SMILES string of the molecule is CC(C)OC[C@@]12COCOC([C@H](C)O1)[C@H]2OC(C)C. The fourth-order valence-electron chi connectivity index (χ4n) is 2.69. The van der Waals surface area contributed by atoms with Crippen molar-refractivity contribution in [3.8, 4) is 0 Å². The van der Waals surface area contributed by atoms with Crippen molar-refractivity contribution in [1.82, 2.24) is 0 Å². The Hall–Kier alpha value is -0.200. The van der Waals surface area contributed by atoms with Crippen LogP contribution in [0.1, 0.15) is 34.6 Å². The van der Waals surface area contributed by atoms with E-state index in [0.717, 1.165) is 0 Å². The van der Waals surface area contributed by atoms with Crippen molar-refractivity contribution in [1.29, 1.82) is 0 Å². The Kier molecular flexibility index (Phi) is 4.84. The average Bonchev–Trinajstić information content (AvgIpc) is 2.44. The van der Waals surface area contributed by atoms with Gasteiger partial charge in [-0.25, -0.2) is 0 Å². The Morgan fingerprint density at radius 2 is 1.95 bits per heavy atom. The Labute approximate surface area is 115 Å². The molecule has 112 valence electrons. The standard InChI is InChI=1S/C14H26O5/c1-9(2)16-7-14-6-15-8-17-12(11(5)19-14)13(14)18-10(3)4/h9-13H,6-8H2,1-5H3/t11-,12?,13+,14+/m0/s1. The summed E-state index contributed by atoms with van der Waals surface area (Å²) >= 11 is 0. The third kappa shape index (κ3) is 3.28. The molecule has 0 radical (unpaired) electrons. The van der Waals surface area contributed by atoms with E-state index in [1.807, 2.05) is 34.6 Å². The molecule has 0 aromatic carbocycles. The Morgan fingerprint density at radius 3 is 2.58 bits per heavy atom. The first-order valence-electron chi connectivity index (χ1n) is 7.09. The molecule has 2 saturated heterocycles. The summed E-state index contributed by atoms with van der Waals surface area (Å²) in [5.74, 6) is 0. The molecule has 0 aromatic heterocycles. The highest BCUT2D eigenvalue weighted by Crippen LogP contribution is 2.38. The first-order valence-corrected chi connectivity index (χ1v) is 7.09. The smallest absolute Gasteiger partial charge is 0.147 e. The summed E-state index contributed by atoms with van der Waals surface area (Å²) in [4.78, 5) is 0. The van der Waals surface area contributed by atoms with Crippen molar-refractivity contribution in [2.24, 2.45) is 0 Å². The molecule has 2 aliphatic heterocycles. The highest BCUT2D eigenvalue weighted by Gasteiger charge is 2.57. The number of ether oxygens (including phenoxy) is 5. The van der Waals surface area contributed by atoms with Crippen LogP contribution < -0.4 is 0 Å². The molecular formula is C14H26O5. The maximum Gasteiger partial charge on any atom is 0.147 e. The van der Waals surface area contributed by atoms with Gasteiger partial charge in [-0.2, -0.15) is 0 Å². The first kappa shape index (κ1) is 15.2. The summed E-state index contributed by atoms with van der Waals surface area (Å²) in [6, 6.07) is 0. The molecule has 2 aliphatic rings. The predicted octanol–water partition coefficient (Wildman–Crippen LogP) is 1.74. The molecule has 0 aliphatic carbocycles. The number of hydrogen-bond acceptors (Lipinski definition) is 5. The summed E-state index contributed by atoms with van der Waals surface area (Å²) in [6.07, 6.45) is 0.00514. The highest BCUT2D eigenvalue weighted by molar-refractivity contribution is 5.04. The minimum atomic E-state index is -0.560. The van der Waals surface area contributed by atoms with Gasteiger partial charge >= 0.3 is 0 Å². The first-order chi connectivity index (χ1) is 8.94. The molecular weight excluding hydrogens is 248 g/mol. The second-order valence-electron chi connectivity index (χ2n) is 5.95. The van der Waals surface area contributed by atoms with Crippen LogP contribution in [0.3, 0.4) is 0 Å². The molecule has 0 aromatic rings. The quantitative estimate of drug-likeness (QED) is 0.764. The van der Waals surface area contributed by atoms with Crippen LogP contribution in [0.5, 0.6) is 0 Å². The fraction of sp³-hybridized carbons (Fsp3) is 1.00. The Balaban J connectivity index is 2.18. The summed E-state index contributed by atoms with van der Waals surface area (Å²) in [5, 5.41) is 0. The molecule has 0 spiro atoms. The van der Waals surface area contributed by atoms with Gasteiger partial charge in [-0.15, -0.1) is 0 Å². The lowest BCUT2D eigenvalue weighted by Gasteiger charge is -2.34. The topological polar surface area (TPSA) is 46.2 Å². The van der Waals surface area contributed by atoms with Gasteiger partial charge < -0.3 is 23.7 Å². The van der Waals surface area contributed by atoms with Gasteiger partial charge in [0.05, 0.1) is 31.5 Å². The van der Waals surface area contributed by atoms with E-state index in [0.29, 0.717) is 20.0 Å². The van der Waals surface area contributed by atoms with Crippen LogP contribution in [0.25, 0.3) is 0 Å². The van der Waals surface area contributed by atoms with Crippen LogP contribution in [0, 0.1) is 0 Å². The number of rotatable bonds is 5. The highest BCUT2D eigenvalue weighted by atomic mass is 16.7. The van der Waals surface area contributed by atoms with Gasteiger partial charge in [-0.1, -0.05) is 0 Å². The van der Waals surface area contributed by atoms with Gasteiger partial charge in [0.25, 0.3) is 0 Å². The van der Waals surface area contributed by atoms with Crippen molar-refractivity contribution < 1.29 is 23.7 Å². The number of fused-ring (bicyclic) bond motifs is 2. The minimum Gasteiger partial charge on any atom is -0.376 e. The van der Waals surface area contributed by atoms with E-state index in [1.54, 1.807) is 0 Å². The monoisotopic (exact) mass is 274 g/mol. The van der Waals surface area contributed by atoms with Crippen molar-refractivity contribution in [3.05, 3.63) is 0 Å². The molecule has 2 rings (SSSR count). The van der Waals surface area contributed by atoms with E-state index in [1.165, 1.54) is 0 Å². The molecule has 2 heterocycles. The van der Waals surface area contributed by atoms with Crippen molar-refractivity contribution in [3.63, 3.8) is 0 Å². The summed E-state index contributed by atoms with van der Waals surface area (Å²) in [6.45, 7) is 11.3. The van der Waals surface area contributed by atoms with Crippen molar-refractivity contribution >= 4 is 0 Å². The van der Waals surface area contributed by atoms with Gasteiger partial charge in [0.1, 0.15) is 24.6 Å². The summed E-state index contributed by atoms with van der Waals surface area (Å²) < 4.78 is 29.2. The molecule has 0 N–H and O–H groups in total. The molecule has 2 fully saturated rings. The maximum atomic E-state index is 6.12. The van der Waals surface area contributed by atoms with Crippen molar-refractivity contribution in [2.45, 2.75) is 70.7 Å². The largest absolute Gasteiger partial charge is 0.376 e. The Morgan fingerprint density at radius 1 is 1.21 bits per heavy atom. The molecule has 1 unspecified atom stereocenters. The molecule has 0 saturated carbocycles. The second kappa shape index (κ2) is 6.06. The van der Waals surface area contributed by atoms with Crippen LogP contribution in [0.2, 0.25) is 0 Å². The lowest BCUT2D eigenvalue weighted by molar-refractivity contribution is -0.189. The van der Waals surface area contributed by atoms with Crippen LogP contribution >= 0.6 is 0 Å². The van der Waals surface area contributed by atoms with E-state index in [9.17, 15) is 0 Å². The van der Waals surface area contributed by atoms with E-state index in [2.05, 4.69) is 0 Å². The molecule has 2 bridgehead atoms.